The van der Waals surface area contributed by atoms with E-state index in [4.69, 9.17) is 5.73 Å². The van der Waals surface area contributed by atoms with E-state index in [2.05, 4.69) is 62.1 Å². The lowest BCUT2D eigenvalue weighted by molar-refractivity contribution is -0.123. The van der Waals surface area contributed by atoms with Crippen LogP contribution in [-0.4, -0.2) is 23.9 Å². The summed E-state index contributed by atoms with van der Waals surface area (Å²) in [4.78, 5) is 16.5. The second kappa shape index (κ2) is 7.30. The second-order valence-corrected chi connectivity index (χ2v) is 9.11. The third-order valence-electron chi connectivity index (χ3n) is 5.01. The number of hydrogen-bond acceptors (Lipinski definition) is 3. The van der Waals surface area contributed by atoms with Crippen molar-refractivity contribution >= 4 is 17.2 Å². The first-order chi connectivity index (χ1) is 11.8. The van der Waals surface area contributed by atoms with E-state index in [1.54, 1.807) is 0 Å². The van der Waals surface area contributed by atoms with Gasteiger partial charge in [-0.05, 0) is 54.6 Å². The van der Waals surface area contributed by atoms with Gasteiger partial charge in [0, 0.05) is 22.2 Å². The number of thiophene rings is 1. The average Bonchev–Trinajstić information content (AvgIpc) is 3.06. The van der Waals surface area contributed by atoms with Gasteiger partial charge in [0.2, 0.25) is 5.91 Å². The number of nitrogens with zero attached hydrogens (tertiary/aromatic N) is 1. The molecule has 0 spiro atoms. The van der Waals surface area contributed by atoms with E-state index < -0.39 is 0 Å². The summed E-state index contributed by atoms with van der Waals surface area (Å²) in [6.45, 7) is 9.61. The molecule has 1 aromatic heterocycles. The van der Waals surface area contributed by atoms with Crippen molar-refractivity contribution in [3.05, 3.63) is 46.8 Å². The average molecular weight is 357 g/mol. The number of amides is 1. The molecule has 2 heterocycles. The lowest BCUT2D eigenvalue weighted by Crippen LogP contribution is -2.38. The monoisotopic (exact) mass is 356 g/mol. The maximum Gasteiger partial charge on any atom is 0.220 e. The van der Waals surface area contributed by atoms with Crippen LogP contribution in [0, 0.1) is 5.92 Å². The van der Waals surface area contributed by atoms with Crippen molar-refractivity contribution in [2.24, 2.45) is 11.7 Å². The summed E-state index contributed by atoms with van der Waals surface area (Å²) >= 11 is 1.89. The standard InChI is InChI=1S/C21H28N2OS/c1-21(2,3)19-9-8-18(25-19)17-7-5-4-6-16(17)14-23-12-10-15(11-13-23)20(22)24/h4-9,15H,10-14H2,1-3H3,(H2,22,24). The maximum absolute atomic E-state index is 11.3. The normalized spacial score (nSPS) is 16.9. The zero-order valence-electron chi connectivity index (χ0n) is 15.4. The molecule has 1 amide bonds. The molecule has 0 radical (unpaired) electrons. The van der Waals surface area contributed by atoms with Gasteiger partial charge < -0.3 is 5.73 Å². The van der Waals surface area contributed by atoms with Gasteiger partial charge in [-0.3, -0.25) is 9.69 Å². The number of hydrogen-bond donors (Lipinski definition) is 1. The van der Waals surface area contributed by atoms with E-state index in [1.807, 2.05) is 11.3 Å². The van der Waals surface area contributed by atoms with Crippen LogP contribution in [0.5, 0.6) is 0 Å². The van der Waals surface area contributed by atoms with E-state index in [1.165, 1.54) is 20.9 Å². The highest BCUT2D eigenvalue weighted by atomic mass is 32.1. The zero-order chi connectivity index (χ0) is 18.0. The van der Waals surface area contributed by atoms with Crippen molar-refractivity contribution in [3.8, 4) is 10.4 Å². The molecule has 134 valence electrons. The number of rotatable bonds is 4. The van der Waals surface area contributed by atoms with Crippen molar-refractivity contribution in [3.63, 3.8) is 0 Å². The molecule has 0 saturated carbocycles. The van der Waals surface area contributed by atoms with Crippen molar-refractivity contribution in [1.29, 1.82) is 0 Å². The van der Waals surface area contributed by atoms with E-state index in [-0.39, 0.29) is 17.2 Å². The fraction of sp³-hybridized carbons (Fsp3) is 0.476. The van der Waals surface area contributed by atoms with Gasteiger partial charge in [-0.25, -0.2) is 0 Å². The van der Waals surface area contributed by atoms with Crippen LogP contribution in [0.25, 0.3) is 10.4 Å². The van der Waals surface area contributed by atoms with Gasteiger partial charge in [-0.15, -0.1) is 11.3 Å². The van der Waals surface area contributed by atoms with Crippen molar-refractivity contribution < 1.29 is 4.79 Å². The summed E-state index contributed by atoms with van der Waals surface area (Å²) in [6, 6.07) is 13.2. The molecular weight excluding hydrogens is 328 g/mol. The number of piperidine rings is 1. The summed E-state index contributed by atoms with van der Waals surface area (Å²) in [5.74, 6) is -0.0912. The number of likely N-dealkylation sites (tertiary alicyclic amines) is 1. The van der Waals surface area contributed by atoms with Gasteiger partial charge in [0.15, 0.2) is 0 Å². The molecule has 0 atom stereocenters. The van der Waals surface area contributed by atoms with E-state index in [9.17, 15) is 4.79 Å². The highest BCUT2D eigenvalue weighted by molar-refractivity contribution is 7.15. The Balaban J connectivity index is 1.76. The van der Waals surface area contributed by atoms with Crippen LogP contribution in [0.4, 0.5) is 0 Å². The third kappa shape index (κ3) is 4.31. The molecule has 2 aromatic rings. The summed E-state index contributed by atoms with van der Waals surface area (Å²) < 4.78 is 0. The first kappa shape index (κ1) is 18.2. The summed E-state index contributed by atoms with van der Waals surface area (Å²) in [7, 11) is 0. The number of carbonyl (C=O) groups excluding carboxylic acids is 1. The van der Waals surface area contributed by atoms with Gasteiger partial charge in [0.05, 0.1) is 0 Å². The molecule has 1 fully saturated rings. The topological polar surface area (TPSA) is 46.3 Å². The molecule has 1 saturated heterocycles. The van der Waals surface area contributed by atoms with Crippen LogP contribution in [0.15, 0.2) is 36.4 Å². The first-order valence-electron chi connectivity index (χ1n) is 9.05. The quantitative estimate of drug-likeness (QED) is 0.882. The van der Waals surface area contributed by atoms with Gasteiger partial charge in [-0.2, -0.15) is 0 Å². The number of nitrogens with two attached hydrogens (primary N) is 1. The van der Waals surface area contributed by atoms with Crippen molar-refractivity contribution in [2.45, 2.75) is 45.6 Å². The van der Waals surface area contributed by atoms with Crippen LogP contribution < -0.4 is 5.73 Å². The largest absolute Gasteiger partial charge is 0.369 e. The smallest absolute Gasteiger partial charge is 0.220 e. The Bertz CT molecular complexity index is 736. The minimum atomic E-state index is -0.145. The Morgan fingerprint density at radius 3 is 2.44 bits per heavy atom. The van der Waals surface area contributed by atoms with Gasteiger partial charge in [0.1, 0.15) is 0 Å². The Labute approximate surface area is 154 Å². The third-order valence-corrected chi connectivity index (χ3v) is 6.56. The summed E-state index contributed by atoms with van der Waals surface area (Å²) in [5, 5.41) is 0. The fourth-order valence-electron chi connectivity index (χ4n) is 3.40. The van der Waals surface area contributed by atoms with Crippen LogP contribution in [-0.2, 0) is 16.8 Å². The zero-order valence-corrected chi connectivity index (χ0v) is 16.2. The van der Waals surface area contributed by atoms with E-state index in [0.29, 0.717) is 0 Å². The molecule has 1 aliphatic heterocycles. The molecule has 3 nitrogen and oxygen atoms in total. The van der Waals surface area contributed by atoms with Crippen molar-refractivity contribution in [1.82, 2.24) is 4.90 Å². The Kier molecular flexibility index (Phi) is 5.30. The highest BCUT2D eigenvalue weighted by Gasteiger charge is 2.24. The molecule has 2 N–H and O–H groups in total. The second-order valence-electron chi connectivity index (χ2n) is 8.02. The van der Waals surface area contributed by atoms with Crippen LogP contribution in [0.3, 0.4) is 0 Å². The fourth-order valence-corrected chi connectivity index (χ4v) is 4.53. The molecule has 0 unspecified atom stereocenters. The minimum Gasteiger partial charge on any atom is -0.369 e. The summed E-state index contributed by atoms with van der Waals surface area (Å²) in [5.41, 5.74) is 8.33. The minimum absolute atomic E-state index is 0.0538. The molecule has 25 heavy (non-hydrogen) atoms. The van der Waals surface area contributed by atoms with Gasteiger partial charge >= 0.3 is 0 Å². The van der Waals surface area contributed by atoms with Crippen LogP contribution in [0.1, 0.15) is 44.1 Å². The van der Waals surface area contributed by atoms with Crippen LogP contribution in [0.2, 0.25) is 0 Å². The number of carbonyl (C=O) groups is 1. The first-order valence-corrected chi connectivity index (χ1v) is 9.86. The molecule has 3 rings (SSSR count). The van der Waals surface area contributed by atoms with E-state index >= 15 is 0 Å². The summed E-state index contributed by atoms with van der Waals surface area (Å²) in [6.07, 6.45) is 1.76. The molecule has 0 bridgehead atoms. The molecule has 1 aliphatic rings. The predicted molar refractivity (Wildman–Crippen MR) is 106 cm³/mol. The Hall–Kier alpha value is -1.65. The molecule has 0 aliphatic carbocycles. The lowest BCUT2D eigenvalue weighted by Gasteiger charge is -2.31. The maximum atomic E-state index is 11.3. The van der Waals surface area contributed by atoms with Gasteiger partial charge in [-0.1, -0.05) is 45.0 Å². The van der Waals surface area contributed by atoms with Crippen molar-refractivity contribution in [2.75, 3.05) is 13.1 Å². The molecule has 1 aromatic carbocycles. The lowest BCUT2D eigenvalue weighted by atomic mass is 9.94. The molecular formula is C21H28N2OS. The predicted octanol–water partition coefficient (Wildman–Crippen LogP) is 4.41. The Morgan fingerprint density at radius 2 is 1.84 bits per heavy atom. The van der Waals surface area contributed by atoms with Crippen LogP contribution >= 0.6 is 11.3 Å². The Morgan fingerprint density at radius 1 is 1.16 bits per heavy atom. The van der Waals surface area contributed by atoms with E-state index in [0.717, 1.165) is 32.5 Å². The SMILES string of the molecule is CC(C)(C)c1ccc(-c2ccccc2CN2CCC(C(N)=O)CC2)s1. The number of benzene rings is 1. The van der Waals surface area contributed by atoms with Gasteiger partial charge in [0.25, 0.3) is 0 Å². The molecule has 4 heteroatoms. The number of primary amides is 1. The highest BCUT2D eigenvalue weighted by Crippen LogP contribution is 2.36.